The maximum Gasteiger partial charge on any atom is 0.271 e. The molecule has 0 saturated carbocycles. The SMILES string of the molecule is COc1ccc(CNC(=O)[C@@H]2CCCN(C(=O)c3cc(-c4ccccn4)n[nH]3)C2)cc1. The Kier molecular flexibility index (Phi) is 6.26. The van der Waals surface area contributed by atoms with E-state index < -0.39 is 0 Å². The first-order chi connectivity index (χ1) is 15.1. The summed E-state index contributed by atoms with van der Waals surface area (Å²) in [5, 5.41) is 10.0. The molecule has 0 unspecified atom stereocenters. The summed E-state index contributed by atoms with van der Waals surface area (Å²) in [6, 6.07) is 14.8. The summed E-state index contributed by atoms with van der Waals surface area (Å²) in [5.41, 5.74) is 2.72. The molecule has 0 radical (unpaired) electrons. The van der Waals surface area contributed by atoms with Gasteiger partial charge in [0.2, 0.25) is 5.91 Å². The lowest BCUT2D eigenvalue weighted by Crippen LogP contribution is -2.45. The van der Waals surface area contributed by atoms with E-state index in [1.54, 1.807) is 24.3 Å². The Morgan fingerprint density at radius 3 is 2.77 bits per heavy atom. The molecule has 2 amide bonds. The quantitative estimate of drug-likeness (QED) is 0.640. The molecule has 1 fully saturated rings. The topological polar surface area (TPSA) is 100 Å². The van der Waals surface area contributed by atoms with E-state index in [4.69, 9.17) is 4.74 Å². The van der Waals surface area contributed by atoms with Crippen LogP contribution in [-0.4, -0.2) is 52.1 Å². The van der Waals surface area contributed by atoms with E-state index in [-0.39, 0.29) is 17.7 Å². The Labute approximate surface area is 180 Å². The summed E-state index contributed by atoms with van der Waals surface area (Å²) in [5.74, 6) is 0.366. The highest BCUT2D eigenvalue weighted by Gasteiger charge is 2.29. The monoisotopic (exact) mass is 419 g/mol. The molecule has 160 valence electrons. The smallest absolute Gasteiger partial charge is 0.271 e. The van der Waals surface area contributed by atoms with Gasteiger partial charge in [-0.1, -0.05) is 18.2 Å². The predicted octanol–water partition coefficient (Wildman–Crippen LogP) is 2.65. The fraction of sp³-hybridized carbons (Fsp3) is 0.304. The van der Waals surface area contributed by atoms with Crippen LogP contribution in [0.15, 0.2) is 54.7 Å². The molecule has 1 saturated heterocycles. The summed E-state index contributed by atoms with van der Waals surface area (Å²) >= 11 is 0. The number of hydrogen-bond acceptors (Lipinski definition) is 5. The van der Waals surface area contributed by atoms with Gasteiger partial charge in [0, 0.05) is 25.8 Å². The molecule has 1 atom stereocenters. The molecule has 1 aliphatic rings. The van der Waals surface area contributed by atoms with Crippen LogP contribution in [0.25, 0.3) is 11.4 Å². The fourth-order valence-corrected chi connectivity index (χ4v) is 3.70. The van der Waals surface area contributed by atoms with Gasteiger partial charge >= 0.3 is 0 Å². The van der Waals surface area contributed by atoms with Crippen LogP contribution in [-0.2, 0) is 11.3 Å². The van der Waals surface area contributed by atoms with Gasteiger partial charge < -0.3 is 15.0 Å². The van der Waals surface area contributed by atoms with E-state index in [1.165, 1.54) is 0 Å². The van der Waals surface area contributed by atoms with E-state index in [0.29, 0.717) is 36.7 Å². The van der Waals surface area contributed by atoms with Crippen molar-refractivity contribution in [2.24, 2.45) is 5.92 Å². The van der Waals surface area contributed by atoms with Crippen molar-refractivity contribution in [2.45, 2.75) is 19.4 Å². The fourth-order valence-electron chi connectivity index (χ4n) is 3.70. The first-order valence-corrected chi connectivity index (χ1v) is 10.3. The third-order valence-corrected chi connectivity index (χ3v) is 5.44. The summed E-state index contributed by atoms with van der Waals surface area (Å²) < 4.78 is 5.15. The summed E-state index contributed by atoms with van der Waals surface area (Å²) in [7, 11) is 1.62. The van der Waals surface area contributed by atoms with E-state index in [2.05, 4.69) is 20.5 Å². The molecule has 1 aromatic carbocycles. The van der Waals surface area contributed by atoms with Gasteiger partial charge in [-0.05, 0) is 48.7 Å². The zero-order chi connectivity index (χ0) is 21.6. The molecule has 0 spiro atoms. The zero-order valence-corrected chi connectivity index (χ0v) is 17.4. The van der Waals surface area contributed by atoms with Crippen LogP contribution in [0.3, 0.4) is 0 Å². The van der Waals surface area contributed by atoms with Crippen LogP contribution in [0.4, 0.5) is 0 Å². The van der Waals surface area contributed by atoms with Crippen LogP contribution >= 0.6 is 0 Å². The van der Waals surface area contributed by atoms with Gasteiger partial charge in [-0.2, -0.15) is 5.10 Å². The number of ether oxygens (including phenoxy) is 1. The number of carbonyl (C=O) groups excluding carboxylic acids is 2. The lowest BCUT2D eigenvalue weighted by Gasteiger charge is -2.31. The van der Waals surface area contributed by atoms with Crippen molar-refractivity contribution >= 4 is 11.8 Å². The Hall–Kier alpha value is -3.68. The highest BCUT2D eigenvalue weighted by atomic mass is 16.5. The van der Waals surface area contributed by atoms with Gasteiger partial charge in [-0.25, -0.2) is 0 Å². The van der Waals surface area contributed by atoms with Crippen molar-refractivity contribution in [1.29, 1.82) is 0 Å². The second kappa shape index (κ2) is 9.42. The molecule has 31 heavy (non-hydrogen) atoms. The number of benzene rings is 1. The zero-order valence-electron chi connectivity index (χ0n) is 17.4. The van der Waals surface area contributed by atoms with Crippen molar-refractivity contribution in [3.05, 3.63) is 66.0 Å². The van der Waals surface area contributed by atoms with Gasteiger partial charge in [0.15, 0.2) is 0 Å². The Balaban J connectivity index is 1.34. The number of likely N-dealkylation sites (tertiary alicyclic amines) is 1. The lowest BCUT2D eigenvalue weighted by molar-refractivity contribution is -0.126. The van der Waals surface area contributed by atoms with Gasteiger partial charge in [0.05, 0.1) is 18.7 Å². The van der Waals surface area contributed by atoms with E-state index in [9.17, 15) is 9.59 Å². The molecule has 3 heterocycles. The molecular formula is C23H25N5O3. The van der Waals surface area contributed by atoms with Crippen LogP contribution in [0.5, 0.6) is 5.75 Å². The Bertz CT molecular complexity index is 1030. The number of amides is 2. The number of H-pyrrole nitrogens is 1. The van der Waals surface area contributed by atoms with Gasteiger partial charge in [0.1, 0.15) is 17.1 Å². The number of aromatic nitrogens is 3. The largest absolute Gasteiger partial charge is 0.497 e. The minimum atomic E-state index is -0.228. The molecular weight excluding hydrogens is 394 g/mol. The normalized spacial score (nSPS) is 16.0. The molecule has 2 N–H and O–H groups in total. The van der Waals surface area contributed by atoms with Crippen LogP contribution in [0, 0.1) is 5.92 Å². The third kappa shape index (κ3) is 4.91. The Morgan fingerprint density at radius 1 is 1.19 bits per heavy atom. The number of rotatable bonds is 6. The Morgan fingerprint density at radius 2 is 2.03 bits per heavy atom. The second-order valence-corrected chi connectivity index (χ2v) is 7.54. The number of pyridine rings is 1. The number of methoxy groups -OCH3 is 1. The van der Waals surface area contributed by atoms with Crippen molar-refractivity contribution < 1.29 is 14.3 Å². The number of carbonyl (C=O) groups is 2. The van der Waals surface area contributed by atoms with E-state index in [0.717, 1.165) is 24.2 Å². The highest BCUT2D eigenvalue weighted by Crippen LogP contribution is 2.21. The minimum absolute atomic E-state index is 0.0351. The van der Waals surface area contributed by atoms with Crippen LogP contribution < -0.4 is 10.1 Å². The van der Waals surface area contributed by atoms with E-state index >= 15 is 0 Å². The molecule has 1 aliphatic heterocycles. The number of aromatic amines is 1. The van der Waals surface area contributed by atoms with Gasteiger partial charge in [-0.3, -0.25) is 19.7 Å². The van der Waals surface area contributed by atoms with Crippen LogP contribution in [0.2, 0.25) is 0 Å². The number of hydrogen-bond donors (Lipinski definition) is 2. The standard InChI is InChI=1S/C23H25N5O3/c1-31-18-9-7-16(8-10-18)14-25-22(29)17-5-4-12-28(15-17)23(30)21-13-20(26-27-21)19-6-2-3-11-24-19/h2-3,6-11,13,17H,4-5,12,14-15H2,1H3,(H,25,29)(H,26,27)/t17-/m1/s1. The highest BCUT2D eigenvalue weighted by molar-refractivity contribution is 5.93. The van der Waals surface area contributed by atoms with Crippen molar-refractivity contribution in [3.63, 3.8) is 0 Å². The summed E-state index contributed by atoms with van der Waals surface area (Å²) in [6.07, 6.45) is 3.24. The molecule has 0 aliphatic carbocycles. The second-order valence-electron chi connectivity index (χ2n) is 7.54. The van der Waals surface area contributed by atoms with Crippen molar-refractivity contribution in [1.82, 2.24) is 25.4 Å². The molecule has 8 heteroatoms. The summed E-state index contributed by atoms with van der Waals surface area (Å²) in [6.45, 7) is 1.46. The number of piperidine rings is 1. The minimum Gasteiger partial charge on any atom is -0.497 e. The number of nitrogens with zero attached hydrogens (tertiary/aromatic N) is 3. The third-order valence-electron chi connectivity index (χ3n) is 5.44. The molecule has 4 rings (SSSR count). The average Bonchev–Trinajstić information content (AvgIpc) is 3.33. The van der Waals surface area contributed by atoms with Gasteiger partial charge in [-0.15, -0.1) is 0 Å². The lowest BCUT2D eigenvalue weighted by atomic mass is 9.96. The summed E-state index contributed by atoms with van der Waals surface area (Å²) in [4.78, 5) is 31.6. The van der Waals surface area contributed by atoms with Crippen LogP contribution in [0.1, 0.15) is 28.9 Å². The molecule has 0 bridgehead atoms. The molecule has 8 nitrogen and oxygen atoms in total. The van der Waals surface area contributed by atoms with Crippen molar-refractivity contribution in [2.75, 3.05) is 20.2 Å². The maximum absolute atomic E-state index is 12.9. The number of nitrogens with one attached hydrogen (secondary N) is 2. The predicted molar refractivity (Wildman–Crippen MR) is 115 cm³/mol. The first kappa shape index (κ1) is 20.6. The molecule has 2 aromatic heterocycles. The average molecular weight is 419 g/mol. The van der Waals surface area contributed by atoms with Gasteiger partial charge in [0.25, 0.3) is 5.91 Å². The van der Waals surface area contributed by atoms with E-state index in [1.807, 2.05) is 42.5 Å². The maximum atomic E-state index is 12.9. The first-order valence-electron chi connectivity index (χ1n) is 10.3. The van der Waals surface area contributed by atoms with Crippen molar-refractivity contribution in [3.8, 4) is 17.1 Å². The molecule has 3 aromatic rings.